The Hall–Kier alpha value is -2.00. The molecule has 0 aliphatic carbocycles. The number of aryl methyl sites for hydroxylation is 3. The highest BCUT2D eigenvalue weighted by atomic mass is 32.2. The van der Waals surface area contributed by atoms with Crippen molar-refractivity contribution in [3.8, 4) is 0 Å². The minimum Gasteiger partial charge on any atom is -0.423 e. The Morgan fingerprint density at radius 1 is 0.870 bits per heavy atom. The zero-order valence-corrected chi connectivity index (χ0v) is 14.5. The zero-order chi connectivity index (χ0) is 16.4. The highest BCUT2D eigenvalue weighted by Gasteiger charge is 2.08. The van der Waals surface area contributed by atoms with E-state index in [-0.39, 0.29) is 5.63 Å². The van der Waals surface area contributed by atoms with E-state index in [0.717, 1.165) is 28.0 Å². The standard InChI is InChI=1S/C20H20O2S/c1-13-6-4-5-7-16(13)11-23-12-17-10-20(21)22-19-9-15(3)14(2)8-18(17)19/h4-10H,11-12H2,1-3H3. The lowest BCUT2D eigenvalue weighted by molar-refractivity contribution is 0.559. The number of thioether (sulfide) groups is 1. The van der Waals surface area contributed by atoms with Crippen LogP contribution in [0, 0.1) is 20.8 Å². The summed E-state index contributed by atoms with van der Waals surface area (Å²) < 4.78 is 5.36. The second kappa shape index (κ2) is 6.63. The van der Waals surface area contributed by atoms with Crippen molar-refractivity contribution >= 4 is 22.7 Å². The average molecular weight is 324 g/mol. The minimum atomic E-state index is -0.271. The fourth-order valence-corrected chi connectivity index (χ4v) is 3.75. The fourth-order valence-electron chi connectivity index (χ4n) is 2.65. The highest BCUT2D eigenvalue weighted by molar-refractivity contribution is 7.97. The summed E-state index contributed by atoms with van der Waals surface area (Å²) in [6.45, 7) is 6.26. The fraction of sp³-hybridized carbons (Fsp3) is 0.250. The van der Waals surface area contributed by atoms with Gasteiger partial charge in [-0.3, -0.25) is 0 Å². The lowest BCUT2D eigenvalue weighted by Crippen LogP contribution is -2.01. The molecule has 3 heteroatoms. The summed E-state index contributed by atoms with van der Waals surface area (Å²) in [5.41, 5.74) is 6.49. The zero-order valence-electron chi connectivity index (χ0n) is 13.7. The average Bonchev–Trinajstić information content (AvgIpc) is 2.51. The van der Waals surface area contributed by atoms with Crippen LogP contribution in [-0.4, -0.2) is 0 Å². The first kappa shape index (κ1) is 15.9. The van der Waals surface area contributed by atoms with Crippen LogP contribution in [0.2, 0.25) is 0 Å². The van der Waals surface area contributed by atoms with Gasteiger partial charge in [0.1, 0.15) is 5.58 Å². The first-order chi connectivity index (χ1) is 11.0. The van der Waals surface area contributed by atoms with Crippen LogP contribution in [0.15, 0.2) is 51.7 Å². The Balaban J connectivity index is 1.86. The van der Waals surface area contributed by atoms with Crippen LogP contribution in [-0.2, 0) is 11.5 Å². The lowest BCUT2D eigenvalue weighted by atomic mass is 10.0. The van der Waals surface area contributed by atoms with E-state index in [1.807, 2.05) is 24.8 Å². The smallest absolute Gasteiger partial charge is 0.336 e. The number of hydrogen-bond acceptors (Lipinski definition) is 3. The number of rotatable bonds is 4. The summed E-state index contributed by atoms with van der Waals surface area (Å²) >= 11 is 1.83. The van der Waals surface area contributed by atoms with E-state index < -0.39 is 0 Å². The van der Waals surface area contributed by atoms with Crippen molar-refractivity contribution in [2.24, 2.45) is 0 Å². The molecular formula is C20H20O2S. The molecule has 3 aromatic rings. The van der Waals surface area contributed by atoms with E-state index in [2.05, 4.69) is 44.2 Å². The summed E-state index contributed by atoms with van der Waals surface area (Å²) in [4.78, 5) is 11.8. The normalized spacial score (nSPS) is 11.1. The molecule has 0 aliphatic rings. The first-order valence-electron chi connectivity index (χ1n) is 7.71. The maximum absolute atomic E-state index is 11.8. The molecular weight excluding hydrogens is 304 g/mol. The van der Waals surface area contributed by atoms with Gasteiger partial charge in [0, 0.05) is 23.0 Å². The largest absolute Gasteiger partial charge is 0.423 e. The molecule has 0 saturated carbocycles. The molecule has 0 bridgehead atoms. The maximum Gasteiger partial charge on any atom is 0.336 e. The lowest BCUT2D eigenvalue weighted by Gasteiger charge is -2.09. The molecule has 3 rings (SSSR count). The third kappa shape index (κ3) is 3.50. The third-order valence-corrected chi connectivity index (χ3v) is 5.25. The summed E-state index contributed by atoms with van der Waals surface area (Å²) in [5, 5.41) is 1.05. The molecule has 23 heavy (non-hydrogen) atoms. The van der Waals surface area contributed by atoms with E-state index >= 15 is 0 Å². The highest BCUT2D eigenvalue weighted by Crippen LogP contribution is 2.26. The predicted octanol–water partition coefficient (Wildman–Crippen LogP) is 5.15. The first-order valence-corrected chi connectivity index (χ1v) is 8.86. The Kier molecular flexibility index (Phi) is 4.58. The van der Waals surface area contributed by atoms with Crippen molar-refractivity contribution in [2.45, 2.75) is 32.3 Å². The topological polar surface area (TPSA) is 30.2 Å². The monoisotopic (exact) mass is 324 g/mol. The molecule has 0 aliphatic heterocycles. The molecule has 0 radical (unpaired) electrons. The van der Waals surface area contributed by atoms with Crippen molar-refractivity contribution in [1.29, 1.82) is 0 Å². The van der Waals surface area contributed by atoms with Gasteiger partial charge in [0.25, 0.3) is 0 Å². The molecule has 0 N–H and O–H groups in total. The van der Waals surface area contributed by atoms with E-state index in [0.29, 0.717) is 5.58 Å². The van der Waals surface area contributed by atoms with Crippen LogP contribution >= 0.6 is 11.8 Å². The van der Waals surface area contributed by atoms with Gasteiger partial charge < -0.3 is 4.42 Å². The molecule has 0 spiro atoms. The summed E-state index contributed by atoms with van der Waals surface area (Å²) in [5.74, 6) is 1.75. The Bertz CT molecular complexity index is 909. The molecule has 0 unspecified atom stereocenters. The minimum absolute atomic E-state index is 0.271. The van der Waals surface area contributed by atoms with Gasteiger partial charge >= 0.3 is 5.63 Å². The SMILES string of the molecule is Cc1cc2oc(=O)cc(CSCc3ccccc3C)c2cc1C. The maximum atomic E-state index is 11.8. The van der Waals surface area contributed by atoms with E-state index in [1.54, 1.807) is 6.07 Å². The van der Waals surface area contributed by atoms with Gasteiger partial charge in [-0.2, -0.15) is 11.8 Å². The van der Waals surface area contributed by atoms with Crippen LogP contribution in [0.1, 0.15) is 27.8 Å². The van der Waals surface area contributed by atoms with Gasteiger partial charge in [0.15, 0.2) is 0 Å². The molecule has 0 fully saturated rings. The van der Waals surface area contributed by atoms with Crippen molar-refractivity contribution in [3.05, 3.63) is 80.7 Å². The van der Waals surface area contributed by atoms with Crippen LogP contribution in [0.5, 0.6) is 0 Å². The molecule has 0 amide bonds. The molecule has 118 valence electrons. The van der Waals surface area contributed by atoms with Crippen molar-refractivity contribution in [2.75, 3.05) is 0 Å². The van der Waals surface area contributed by atoms with Gasteiger partial charge in [-0.1, -0.05) is 24.3 Å². The van der Waals surface area contributed by atoms with Crippen molar-refractivity contribution in [1.82, 2.24) is 0 Å². The molecule has 0 saturated heterocycles. The van der Waals surface area contributed by atoms with Crippen molar-refractivity contribution in [3.63, 3.8) is 0 Å². The van der Waals surface area contributed by atoms with E-state index in [9.17, 15) is 4.79 Å². The number of fused-ring (bicyclic) bond motifs is 1. The summed E-state index contributed by atoms with van der Waals surface area (Å²) in [6, 6.07) is 14.1. The van der Waals surface area contributed by atoms with E-state index in [1.165, 1.54) is 16.7 Å². The van der Waals surface area contributed by atoms with E-state index in [4.69, 9.17) is 4.42 Å². The molecule has 2 aromatic carbocycles. The van der Waals surface area contributed by atoms with Gasteiger partial charge in [-0.15, -0.1) is 0 Å². The Labute approximate surface area is 140 Å². The molecule has 0 atom stereocenters. The number of benzene rings is 2. The van der Waals surface area contributed by atoms with Crippen LogP contribution in [0.4, 0.5) is 0 Å². The van der Waals surface area contributed by atoms with Crippen molar-refractivity contribution < 1.29 is 4.42 Å². The molecule has 1 heterocycles. The predicted molar refractivity (Wildman–Crippen MR) is 98.1 cm³/mol. The van der Waals surface area contributed by atoms with Crippen LogP contribution in [0.25, 0.3) is 11.0 Å². The van der Waals surface area contributed by atoms with Gasteiger partial charge in [0.2, 0.25) is 0 Å². The Morgan fingerprint density at radius 3 is 2.35 bits per heavy atom. The third-order valence-electron chi connectivity index (χ3n) is 4.22. The summed E-state index contributed by atoms with van der Waals surface area (Å²) in [7, 11) is 0. The molecule has 1 aromatic heterocycles. The quantitative estimate of drug-likeness (QED) is 0.622. The van der Waals surface area contributed by atoms with Gasteiger partial charge in [0.05, 0.1) is 0 Å². The van der Waals surface area contributed by atoms with Crippen LogP contribution < -0.4 is 5.63 Å². The number of hydrogen-bond donors (Lipinski definition) is 0. The van der Waals surface area contributed by atoms with Crippen LogP contribution in [0.3, 0.4) is 0 Å². The van der Waals surface area contributed by atoms with Gasteiger partial charge in [-0.25, -0.2) is 4.79 Å². The Morgan fingerprint density at radius 2 is 1.57 bits per heavy atom. The summed E-state index contributed by atoms with van der Waals surface area (Å²) in [6.07, 6.45) is 0. The second-order valence-corrected chi connectivity index (χ2v) is 6.93. The second-order valence-electron chi connectivity index (χ2n) is 5.94. The molecule has 2 nitrogen and oxygen atoms in total. The van der Waals surface area contributed by atoms with Gasteiger partial charge in [-0.05, 0) is 60.7 Å².